The maximum Gasteiger partial charge on any atom is 0.223 e. The summed E-state index contributed by atoms with van der Waals surface area (Å²) in [6.45, 7) is 10.1. The van der Waals surface area contributed by atoms with Crippen molar-refractivity contribution in [2.75, 3.05) is 29.0 Å². The largest absolute Gasteiger partial charge is 0.370 e. The molecule has 0 atom stereocenters. The summed E-state index contributed by atoms with van der Waals surface area (Å²) >= 11 is 0. The Morgan fingerprint density at radius 3 is 2.56 bits per heavy atom. The van der Waals surface area contributed by atoms with Crippen LogP contribution < -0.4 is 16.0 Å². The monoisotopic (exact) mass is 223 g/mol. The molecule has 0 bridgehead atoms. The summed E-state index contributed by atoms with van der Waals surface area (Å²) in [5, 5.41) is 3.15. The summed E-state index contributed by atoms with van der Waals surface area (Å²) in [7, 11) is 0. The summed E-state index contributed by atoms with van der Waals surface area (Å²) in [6.07, 6.45) is 0. The van der Waals surface area contributed by atoms with Gasteiger partial charge in [0.2, 0.25) is 5.95 Å². The van der Waals surface area contributed by atoms with E-state index in [9.17, 15) is 0 Å². The van der Waals surface area contributed by atoms with Crippen molar-refractivity contribution in [3.8, 4) is 0 Å². The van der Waals surface area contributed by atoms with Crippen molar-refractivity contribution >= 4 is 17.6 Å². The second-order valence-electron chi connectivity index (χ2n) is 3.88. The Hall–Kier alpha value is -1.52. The van der Waals surface area contributed by atoms with E-state index in [1.165, 1.54) is 0 Å². The zero-order valence-electron chi connectivity index (χ0n) is 10.5. The van der Waals surface area contributed by atoms with E-state index in [0.29, 0.717) is 12.0 Å². The van der Waals surface area contributed by atoms with Gasteiger partial charge in [-0.2, -0.15) is 9.97 Å². The van der Waals surface area contributed by atoms with Gasteiger partial charge < -0.3 is 16.0 Å². The molecule has 90 valence electrons. The number of hydrogen-bond acceptors (Lipinski definition) is 5. The zero-order valence-corrected chi connectivity index (χ0v) is 10.5. The van der Waals surface area contributed by atoms with Crippen molar-refractivity contribution in [2.24, 2.45) is 0 Å². The number of nitrogens with one attached hydrogen (secondary N) is 1. The van der Waals surface area contributed by atoms with E-state index in [1.54, 1.807) is 0 Å². The molecule has 0 saturated heterocycles. The minimum atomic E-state index is 0.313. The summed E-state index contributed by atoms with van der Waals surface area (Å²) < 4.78 is 0. The molecule has 0 fully saturated rings. The number of nitrogen functional groups attached to an aromatic ring is 1. The van der Waals surface area contributed by atoms with Crippen molar-refractivity contribution in [1.82, 2.24) is 9.97 Å². The SMILES string of the molecule is CCNc1cc(N(CC)C(C)C)nc(N)n1. The lowest BCUT2D eigenvalue weighted by atomic mass is 10.3. The van der Waals surface area contributed by atoms with E-state index >= 15 is 0 Å². The summed E-state index contributed by atoms with van der Waals surface area (Å²) in [5.74, 6) is 1.97. The first-order chi connectivity index (χ1) is 7.58. The molecule has 0 spiro atoms. The minimum Gasteiger partial charge on any atom is -0.370 e. The molecule has 1 rings (SSSR count). The molecule has 0 radical (unpaired) electrons. The van der Waals surface area contributed by atoms with Gasteiger partial charge in [0.1, 0.15) is 11.6 Å². The molecule has 0 amide bonds. The second kappa shape index (κ2) is 5.53. The molecule has 1 heterocycles. The molecule has 5 heteroatoms. The number of nitrogens with zero attached hydrogens (tertiary/aromatic N) is 3. The first-order valence-electron chi connectivity index (χ1n) is 5.73. The highest BCUT2D eigenvalue weighted by Gasteiger charge is 2.11. The zero-order chi connectivity index (χ0) is 12.1. The van der Waals surface area contributed by atoms with E-state index in [4.69, 9.17) is 5.73 Å². The molecule has 0 saturated carbocycles. The lowest BCUT2D eigenvalue weighted by Gasteiger charge is -2.26. The third kappa shape index (κ3) is 2.98. The van der Waals surface area contributed by atoms with Crippen molar-refractivity contribution in [3.05, 3.63) is 6.07 Å². The molecular formula is C11H21N5. The molecule has 0 aliphatic heterocycles. The molecule has 0 aliphatic carbocycles. The van der Waals surface area contributed by atoms with Crippen LogP contribution >= 0.6 is 0 Å². The van der Waals surface area contributed by atoms with Crippen LogP contribution in [0.15, 0.2) is 6.07 Å². The van der Waals surface area contributed by atoms with Gasteiger partial charge in [-0.05, 0) is 27.7 Å². The second-order valence-corrected chi connectivity index (χ2v) is 3.88. The van der Waals surface area contributed by atoms with Gasteiger partial charge in [0.05, 0.1) is 0 Å². The maximum absolute atomic E-state index is 5.69. The molecule has 5 nitrogen and oxygen atoms in total. The highest BCUT2D eigenvalue weighted by Crippen LogP contribution is 2.18. The minimum absolute atomic E-state index is 0.313. The highest BCUT2D eigenvalue weighted by atomic mass is 15.2. The van der Waals surface area contributed by atoms with Crippen molar-refractivity contribution in [1.29, 1.82) is 0 Å². The predicted octanol–water partition coefficient (Wildman–Crippen LogP) is 1.73. The fraction of sp³-hybridized carbons (Fsp3) is 0.636. The van der Waals surface area contributed by atoms with Crippen LogP contribution in [0, 0.1) is 0 Å². The van der Waals surface area contributed by atoms with Gasteiger partial charge in [-0.15, -0.1) is 0 Å². The summed E-state index contributed by atoms with van der Waals surface area (Å²) in [5.41, 5.74) is 5.69. The van der Waals surface area contributed by atoms with E-state index in [-0.39, 0.29) is 0 Å². The maximum atomic E-state index is 5.69. The normalized spacial score (nSPS) is 10.6. The number of rotatable bonds is 5. The van der Waals surface area contributed by atoms with Crippen LogP contribution in [-0.4, -0.2) is 29.1 Å². The number of hydrogen-bond donors (Lipinski definition) is 2. The predicted molar refractivity (Wildman–Crippen MR) is 68.8 cm³/mol. The lowest BCUT2D eigenvalue weighted by Crippen LogP contribution is -2.31. The number of nitrogens with two attached hydrogens (primary N) is 1. The van der Waals surface area contributed by atoms with Gasteiger partial charge in [0.15, 0.2) is 0 Å². The van der Waals surface area contributed by atoms with Gasteiger partial charge in [0, 0.05) is 25.2 Å². The van der Waals surface area contributed by atoms with Crippen LogP contribution in [0.5, 0.6) is 0 Å². The molecular weight excluding hydrogens is 202 g/mol. The number of anilines is 3. The highest BCUT2D eigenvalue weighted by molar-refractivity contribution is 5.52. The Morgan fingerprint density at radius 1 is 1.38 bits per heavy atom. The Labute approximate surface area is 97.1 Å². The average Bonchev–Trinajstić information content (AvgIpc) is 2.17. The molecule has 0 unspecified atom stereocenters. The molecule has 1 aromatic heterocycles. The van der Waals surface area contributed by atoms with Crippen LogP contribution in [0.4, 0.5) is 17.6 Å². The Morgan fingerprint density at radius 2 is 2.06 bits per heavy atom. The van der Waals surface area contributed by atoms with E-state index in [1.807, 2.05) is 13.0 Å². The van der Waals surface area contributed by atoms with E-state index in [0.717, 1.165) is 24.7 Å². The number of aromatic nitrogens is 2. The standard InChI is InChI=1S/C11H21N5/c1-5-13-9-7-10(15-11(12)14-9)16(6-2)8(3)4/h7-8H,5-6H2,1-4H3,(H3,12,13,14,15). The molecule has 1 aromatic rings. The van der Waals surface area contributed by atoms with E-state index < -0.39 is 0 Å². The van der Waals surface area contributed by atoms with Gasteiger partial charge in [-0.3, -0.25) is 0 Å². The summed E-state index contributed by atoms with van der Waals surface area (Å²) in [6, 6.07) is 2.33. The van der Waals surface area contributed by atoms with E-state index in [2.05, 4.69) is 41.0 Å². The molecule has 0 aromatic carbocycles. The Bertz CT molecular complexity index is 337. The summed E-state index contributed by atoms with van der Waals surface area (Å²) in [4.78, 5) is 10.6. The fourth-order valence-electron chi connectivity index (χ4n) is 1.66. The van der Waals surface area contributed by atoms with Crippen LogP contribution in [0.1, 0.15) is 27.7 Å². The van der Waals surface area contributed by atoms with Gasteiger partial charge in [-0.25, -0.2) is 0 Å². The molecule has 16 heavy (non-hydrogen) atoms. The third-order valence-corrected chi connectivity index (χ3v) is 2.35. The van der Waals surface area contributed by atoms with Gasteiger partial charge in [-0.1, -0.05) is 0 Å². The van der Waals surface area contributed by atoms with Crippen molar-refractivity contribution in [2.45, 2.75) is 33.7 Å². The van der Waals surface area contributed by atoms with Gasteiger partial charge >= 0.3 is 0 Å². The first-order valence-corrected chi connectivity index (χ1v) is 5.73. The van der Waals surface area contributed by atoms with Gasteiger partial charge in [0.25, 0.3) is 0 Å². The molecule has 0 aliphatic rings. The average molecular weight is 223 g/mol. The van der Waals surface area contributed by atoms with Crippen molar-refractivity contribution < 1.29 is 0 Å². The van der Waals surface area contributed by atoms with Crippen LogP contribution in [0.25, 0.3) is 0 Å². The Kier molecular flexibility index (Phi) is 4.34. The first kappa shape index (κ1) is 12.5. The quantitative estimate of drug-likeness (QED) is 0.795. The smallest absolute Gasteiger partial charge is 0.223 e. The fourth-order valence-corrected chi connectivity index (χ4v) is 1.66. The molecule has 3 N–H and O–H groups in total. The lowest BCUT2D eigenvalue weighted by molar-refractivity contribution is 0.693. The van der Waals surface area contributed by atoms with Crippen molar-refractivity contribution in [3.63, 3.8) is 0 Å². The topological polar surface area (TPSA) is 67.1 Å². The van der Waals surface area contributed by atoms with Crippen LogP contribution in [-0.2, 0) is 0 Å². The van der Waals surface area contributed by atoms with Crippen LogP contribution in [0.3, 0.4) is 0 Å². The Balaban J connectivity index is 3.02. The van der Waals surface area contributed by atoms with Crippen LogP contribution in [0.2, 0.25) is 0 Å². The third-order valence-electron chi connectivity index (χ3n) is 2.35.